The highest BCUT2D eigenvalue weighted by Crippen LogP contribution is 2.23. The van der Waals surface area contributed by atoms with Crippen LogP contribution in [0.25, 0.3) is 10.9 Å². The summed E-state index contributed by atoms with van der Waals surface area (Å²) in [4.78, 5) is 17.4. The Morgan fingerprint density at radius 2 is 1.83 bits per heavy atom. The lowest BCUT2D eigenvalue weighted by Gasteiger charge is -2.13. The fraction of sp³-hybridized carbons (Fsp3) is 0.174. The number of nitrogens with zero attached hydrogens (tertiary/aromatic N) is 3. The van der Waals surface area contributed by atoms with Crippen LogP contribution in [0.15, 0.2) is 65.3 Å². The van der Waals surface area contributed by atoms with Crippen LogP contribution in [0.3, 0.4) is 0 Å². The molecule has 4 aromatic rings. The Balaban J connectivity index is 1.52. The lowest BCUT2D eigenvalue weighted by atomic mass is 9.99. The molecule has 0 aliphatic heterocycles. The summed E-state index contributed by atoms with van der Waals surface area (Å²) in [6, 6.07) is 17.9. The second-order valence-corrected chi connectivity index (χ2v) is 7.96. The zero-order chi connectivity index (χ0) is 20.4. The number of para-hydroxylation sites is 1. The van der Waals surface area contributed by atoms with E-state index in [0.717, 1.165) is 37.8 Å². The van der Waals surface area contributed by atoms with Crippen LogP contribution in [0.2, 0.25) is 0 Å². The zero-order valence-corrected chi connectivity index (χ0v) is 17.9. The number of hydrogen-bond acceptors (Lipinski definition) is 3. The van der Waals surface area contributed by atoms with Gasteiger partial charge in [0.25, 0.3) is 0 Å². The molecule has 0 atom stereocenters. The van der Waals surface area contributed by atoms with Crippen molar-refractivity contribution in [2.75, 3.05) is 5.32 Å². The number of carbonyl (C=O) groups is 1. The van der Waals surface area contributed by atoms with E-state index in [-0.39, 0.29) is 12.3 Å². The van der Waals surface area contributed by atoms with Crippen LogP contribution in [0, 0.1) is 13.8 Å². The third-order valence-electron chi connectivity index (χ3n) is 5.05. The van der Waals surface area contributed by atoms with E-state index in [1.807, 2.05) is 61.5 Å². The van der Waals surface area contributed by atoms with Crippen LogP contribution >= 0.6 is 15.9 Å². The van der Waals surface area contributed by atoms with Crippen LogP contribution in [0.1, 0.15) is 22.4 Å². The molecule has 0 unspecified atom stereocenters. The second-order valence-electron chi connectivity index (χ2n) is 7.04. The van der Waals surface area contributed by atoms with Gasteiger partial charge in [-0.25, -0.2) is 4.68 Å². The highest BCUT2D eigenvalue weighted by molar-refractivity contribution is 9.10. The molecule has 0 bridgehead atoms. The maximum atomic E-state index is 12.8. The van der Waals surface area contributed by atoms with Gasteiger partial charge < -0.3 is 5.32 Å². The number of fused-ring (bicyclic) bond motifs is 1. The molecule has 0 saturated heterocycles. The van der Waals surface area contributed by atoms with Gasteiger partial charge in [0.05, 0.1) is 24.7 Å². The van der Waals surface area contributed by atoms with Gasteiger partial charge in [-0.3, -0.25) is 9.78 Å². The van der Waals surface area contributed by atoms with Crippen molar-refractivity contribution < 1.29 is 4.79 Å². The van der Waals surface area contributed by atoms with Gasteiger partial charge >= 0.3 is 0 Å². The predicted octanol–water partition coefficient (Wildman–Crippen LogP) is 5.04. The van der Waals surface area contributed by atoms with Crippen molar-refractivity contribution in [3.05, 3.63) is 87.7 Å². The van der Waals surface area contributed by atoms with Gasteiger partial charge in [-0.05, 0) is 48.7 Å². The first kappa shape index (κ1) is 19.3. The summed E-state index contributed by atoms with van der Waals surface area (Å²) in [5.41, 5.74) is 5.03. The number of pyridine rings is 1. The number of hydrogen-bond donors (Lipinski definition) is 1. The number of anilines is 1. The minimum absolute atomic E-state index is 0.0779. The molecule has 2 heterocycles. The normalized spacial score (nSPS) is 11.0. The average molecular weight is 449 g/mol. The van der Waals surface area contributed by atoms with Crippen molar-refractivity contribution in [2.24, 2.45) is 0 Å². The number of halogens is 1. The first-order valence-corrected chi connectivity index (χ1v) is 10.2. The molecule has 29 heavy (non-hydrogen) atoms. The minimum atomic E-state index is -0.0779. The molecule has 2 aromatic heterocycles. The van der Waals surface area contributed by atoms with Gasteiger partial charge in [0.15, 0.2) is 0 Å². The van der Waals surface area contributed by atoms with Crippen LogP contribution in [-0.4, -0.2) is 20.7 Å². The van der Waals surface area contributed by atoms with Crippen molar-refractivity contribution in [1.82, 2.24) is 14.8 Å². The lowest BCUT2D eigenvalue weighted by molar-refractivity contribution is -0.115. The molecule has 0 radical (unpaired) electrons. The first-order chi connectivity index (χ1) is 14.0. The van der Waals surface area contributed by atoms with E-state index in [0.29, 0.717) is 12.4 Å². The number of rotatable bonds is 5. The summed E-state index contributed by atoms with van der Waals surface area (Å²) in [7, 11) is 0. The van der Waals surface area contributed by atoms with E-state index in [2.05, 4.69) is 38.3 Å². The highest BCUT2D eigenvalue weighted by atomic mass is 79.9. The molecule has 4 rings (SSSR count). The molecule has 5 nitrogen and oxygen atoms in total. The van der Waals surface area contributed by atoms with E-state index >= 15 is 0 Å². The summed E-state index contributed by atoms with van der Waals surface area (Å²) < 4.78 is 2.82. The fourth-order valence-corrected chi connectivity index (χ4v) is 3.77. The number of benzene rings is 2. The number of nitrogens with one attached hydrogen (secondary N) is 1. The SMILES string of the molecule is Cc1nc2ccccc2c(C)c1CC(=O)Nc1ccnn1Cc1ccc(Br)cc1. The van der Waals surface area contributed by atoms with Crippen LogP contribution in [0.4, 0.5) is 5.82 Å². The fourth-order valence-electron chi connectivity index (χ4n) is 3.51. The lowest BCUT2D eigenvalue weighted by Crippen LogP contribution is -2.19. The molecule has 0 saturated carbocycles. The van der Waals surface area contributed by atoms with Crippen molar-refractivity contribution in [3.63, 3.8) is 0 Å². The third-order valence-corrected chi connectivity index (χ3v) is 5.58. The number of carbonyl (C=O) groups excluding carboxylic acids is 1. The Kier molecular flexibility index (Phi) is 5.45. The predicted molar refractivity (Wildman–Crippen MR) is 119 cm³/mol. The number of aromatic nitrogens is 3. The molecule has 2 aromatic carbocycles. The van der Waals surface area contributed by atoms with E-state index in [1.54, 1.807) is 10.9 Å². The van der Waals surface area contributed by atoms with Crippen LogP contribution in [-0.2, 0) is 17.8 Å². The van der Waals surface area contributed by atoms with Crippen LogP contribution in [0.5, 0.6) is 0 Å². The topological polar surface area (TPSA) is 59.8 Å². The standard InChI is InChI=1S/C23H21BrN4O/c1-15-19-5-3-4-6-21(19)26-16(2)20(15)13-23(29)27-22-11-12-25-28(22)14-17-7-9-18(24)10-8-17/h3-12H,13-14H2,1-2H3,(H,27,29). The maximum Gasteiger partial charge on any atom is 0.230 e. The first-order valence-electron chi connectivity index (χ1n) is 9.42. The van der Waals surface area contributed by atoms with Crippen molar-refractivity contribution >= 4 is 38.6 Å². The van der Waals surface area contributed by atoms with Gasteiger partial charge in [-0.1, -0.05) is 46.3 Å². The Morgan fingerprint density at radius 1 is 1.07 bits per heavy atom. The van der Waals surface area contributed by atoms with Gasteiger partial charge in [-0.2, -0.15) is 5.10 Å². The second kappa shape index (κ2) is 8.17. The summed E-state index contributed by atoms with van der Waals surface area (Å²) in [6.45, 7) is 4.60. The smallest absolute Gasteiger partial charge is 0.230 e. The molecular weight excluding hydrogens is 428 g/mol. The van der Waals surface area contributed by atoms with Crippen LogP contribution < -0.4 is 5.32 Å². The average Bonchev–Trinajstić information content (AvgIpc) is 3.13. The molecule has 146 valence electrons. The van der Waals surface area contributed by atoms with Gasteiger partial charge in [0.1, 0.15) is 5.82 Å². The maximum absolute atomic E-state index is 12.8. The van der Waals surface area contributed by atoms with E-state index < -0.39 is 0 Å². The van der Waals surface area contributed by atoms with E-state index in [9.17, 15) is 4.79 Å². The zero-order valence-electron chi connectivity index (χ0n) is 16.3. The van der Waals surface area contributed by atoms with Crippen molar-refractivity contribution in [2.45, 2.75) is 26.8 Å². The molecule has 1 amide bonds. The summed E-state index contributed by atoms with van der Waals surface area (Å²) in [6.07, 6.45) is 1.97. The van der Waals surface area contributed by atoms with Crippen molar-refractivity contribution in [3.8, 4) is 0 Å². The molecule has 6 heteroatoms. The molecular formula is C23H21BrN4O. The Morgan fingerprint density at radius 3 is 2.62 bits per heavy atom. The Bertz CT molecular complexity index is 1180. The Labute approximate surface area is 177 Å². The molecule has 1 N–H and O–H groups in total. The van der Waals surface area contributed by atoms with E-state index in [4.69, 9.17) is 0 Å². The van der Waals surface area contributed by atoms with Gasteiger partial charge in [0.2, 0.25) is 5.91 Å². The Hall–Kier alpha value is -2.99. The minimum Gasteiger partial charge on any atom is -0.311 e. The monoisotopic (exact) mass is 448 g/mol. The number of amides is 1. The van der Waals surface area contributed by atoms with Gasteiger partial charge in [-0.15, -0.1) is 0 Å². The molecule has 0 aliphatic carbocycles. The summed E-state index contributed by atoms with van der Waals surface area (Å²) >= 11 is 3.44. The molecule has 0 fully saturated rings. The van der Waals surface area contributed by atoms with Crippen molar-refractivity contribution in [1.29, 1.82) is 0 Å². The summed E-state index contributed by atoms with van der Waals surface area (Å²) in [5.74, 6) is 0.604. The number of aryl methyl sites for hydroxylation is 2. The molecule has 0 spiro atoms. The van der Waals surface area contributed by atoms with Gasteiger partial charge in [0, 0.05) is 21.6 Å². The largest absolute Gasteiger partial charge is 0.311 e. The quantitative estimate of drug-likeness (QED) is 0.465. The highest BCUT2D eigenvalue weighted by Gasteiger charge is 2.14. The third kappa shape index (κ3) is 4.22. The van der Waals surface area contributed by atoms with E-state index in [1.165, 1.54) is 0 Å². The molecule has 0 aliphatic rings. The summed E-state index contributed by atoms with van der Waals surface area (Å²) in [5, 5.41) is 8.43.